The second kappa shape index (κ2) is 11.3. The van der Waals surface area contributed by atoms with Gasteiger partial charge in [0.15, 0.2) is 0 Å². The summed E-state index contributed by atoms with van der Waals surface area (Å²) in [6, 6.07) is 15.4. The van der Waals surface area contributed by atoms with Crippen LogP contribution in [0, 0.1) is 0 Å². The molecular weight excluding hydrogens is 416 g/mol. The minimum absolute atomic E-state index is 0.284. The normalized spacial score (nSPS) is 11.4. The number of halogens is 2. The van der Waals surface area contributed by atoms with E-state index in [1.165, 1.54) is 0 Å². The van der Waals surface area contributed by atoms with Crippen LogP contribution in [0.5, 0.6) is 11.5 Å². The molecule has 2 aromatic rings. The van der Waals surface area contributed by atoms with Crippen LogP contribution in [0.4, 0.5) is 5.69 Å². The summed E-state index contributed by atoms with van der Waals surface area (Å²) in [6.07, 6.45) is 0. The van der Waals surface area contributed by atoms with Gasteiger partial charge in [-0.3, -0.25) is 0 Å². The predicted molar refractivity (Wildman–Crippen MR) is 116 cm³/mol. The Kier molecular flexibility index (Phi) is 9.14. The van der Waals surface area contributed by atoms with Gasteiger partial charge in [-0.1, -0.05) is 12.1 Å². The molecule has 0 fully saturated rings. The maximum absolute atomic E-state index is 6.05. The second-order valence-electron chi connectivity index (χ2n) is 5.59. The van der Waals surface area contributed by atoms with E-state index in [-0.39, 0.29) is 5.95 Å². The molecule has 0 radical (unpaired) electrons. The van der Waals surface area contributed by atoms with Gasteiger partial charge < -0.3 is 22.9 Å². The van der Waals surface area contributed by atoms with E-state index >= 15 is 0 Å². The molecule has 0 N–H and O–H groups in total. The van der Waals surface area contributed by atoms with Crippen LogP contribution in [0.3, 0.4) is 0 Å². The standard InChI is InChI=1S/C20H25NO4.Al.2ClH/c1-5-21(15-11-13-16(23-3)14-12-15)19(20(22)25-6-2)17-9-7-8-10-18(17)24-4;;;/h7-14,22H,5-6H2,1-4H3;;2*1H/q;+3;;/p-3/b20-19+;;;. The largest absolute Gasteiger partial charge is 0.817 e. The molecular formula is C20H24AlCl2NO4. The lowest BCUT2D eigenvalue weighted by Crippen LogP contribution is -2.25. The smallest absolute Gasteiger partial charge is 0.592 e. The zero-order chi connectivity index (χ0) is 20.5. The molecule has 5 nitrogen and oxygen atoms in total. The molecule has 0 aromatic heterocycles. The molecule has 0 aliphatic heterocycles. The number of para-hydroxylation sites is 1. The molecule has 0 bridgehead atoms. The molecule has 0 amide bonds. The summed E-state index contributed by atoms with van der Waals surface area (Å²) >= 11 is -2.45. The summed E-state index contributed by atoms with van der Waals surface area (Å²) in [6.45, 7) is 4.98. The summed E-state index contributed by atoms with van der Waals surface area (Å²) < 4.78 is 22.4. The molecule has 150 valence electrons. The first kappa shape index (κ1) is 22.6. The SMILES string of the molecule is CCO/C([O][Al]([Cl])[Cl])=C(\c1ccccc1OC)N(CC)c1ccc(OC)cc1. The predicted octanol–water partition coefficient (Wildman–Crippen LogP) is 5.37. The molecule has 2 aromatic carbocycles. The zero-order valence-electron chi connectivity index (χ0n) is 16.4. The molecule has 0 aliphatic carbocycles. The van der Waals surface area contributed by atoms with E-state index in [4.69, 9.17) is 38.1 Å². The first-order valence-electron chi connectivity index (χ1n) is 8.92. The van der Waals surface area contributed by atoms with E-state index in [9.17, 15) is 0 Å². The average Bonchev–Trinajstić information content (AvgIpc) is 2.71. The molecule has 0 atom stereocenters. The van der Waals surface area contributed by atoms with Crippen LogP contribution in [0.15, 0.2) is 54.5 Å². The third-order valence-electron chi connectivity index (χ3n) is 4.00. The van der Waals surface area contributed by atoms with Gasteiger partial charge in [0.25, 0.3) is 5.95 Å². The molecule has 0 saturated heterocycles. The number of nitrogens with zero attached hydrogens (tertiary/aromatic N) is 1. The number of benzene rings is 2. The Morgan fingerprint density at radius 2 is 1.64 bits per heavy atom. The van der Waals surface area contributed by atoms with Crippen molar-refractivity contribution >= 4 is 44.1 Å². The lowest BCUT2D eigenvalue weighted by Gasteiger charge is -2.29. The molecule has 2 rings (SSSR count). The highest BCUT2D eigenvalue weighted by Gasteiger charge is 2.28. The molecule has 0 aliphatic rings. The first-order valence-corrected chi connectivity index (χ1v) is 12.9. The van der Waals surface area contributed by atoms with Crippen LogP contribution < -0.4 is 14.4 Å². The highest BCUT2D eigenvalue weighted by molar-refractivity contribution is 7.30. The van der Waals surface area contributed by atoms with Crippen LogP contribution in [0.1, 0.15) is 19.4 Å². The fraction of sp³-hybridized carbons (Fsp3) is 0.300. The van der Waals surface area contributed by atoms with E-state index in [1.807, 2.05) is 62.4 Å². The van der Waals surface area contributed by atoms with E-state index in [0.717, 1.165) is 17.0 Å². The van der Waals surface area contributed by atoms with Crippen molar-refractivity contribution in [3.63, 3.8) is 0 Å². The van der Waals surface area contributed by atoms with Gasteiger partial charge >= 0.3 is 12.6 Å². The van der Waals surface area contributed by atoms with Crippen LogP contribution in [-0.4, -0.2) is 40.0 Å². The zero-order valence-corrected chi connectivity index (χ0v) is 19.1. The Bertz CT molecular complexity index is 784. The molecule has 0 saturated carbocycles. The van der Waals surface area contributed by atoms with Crippen molar-refractivity contribution < 1.29 is 18.0 Å². The van der Waals surface area contributed by atoms with Gasteiger partial charge in [-0.15, -0.1) is 0 Å². The van der Waals surface area contributed by atoms with Gasteiger partial charge in [0.05, 0.1) is 20.8 Å². The van der Waals surface area contributed by atoms with E-state index in [0.29, 0.717) is 24.6 Å². The van der Waals surface area contributed by atoms with Crippen LogP contribution in [0.2, 0.25) is 0 Å². The monoisotopic (exact) mass is 439 g/mol. The van der Waals surface area contributed by atoms with Crippen molar-refractivity contribution in [2.24, 2.45) is 0 Å². The number of anilines is 1. The third kappa shape index (κ3) is 5.65. The Labute approximate surface area is 179 Å². The summed E-state index contributed by atoms with van der Waals surface area (Å²) in [7, 11) is 15.4. The quantitative estimate of drug-likeness (QED) is 0.367. The van der Waals surface area contributed by atoms with Gasteiger partial charge in [0.1, 0.15) is 17.2 Å². The summed E-state index contributed by atoms with van der Waals surface area (Å²) in [4.78, 5) is 2.06. The van der Waals surface area contributed by atoms with Gasteiger partial charge in [-0.05, 0) is 50.2 Å². The average molecular weight is 440 g/mol. The van der Waals surface area contributed by atoms with E-state index < -0.39 is 12.6 Å². The van der Waals surface area contributed by atoms with Gasteiger partial charge in [0.2, 0.25) is 0 Å². The highest BCUT2D eigenvalue weighted by Crippen LogP contribution is 2.36. The van der Waals surface area contributed by atoms with Gasteiger partial charge in [-0.2, -0.15) is 20.1 Å². The molecule has 0 spiro atoms. The highest BCUT2D eigenvalue weighted by atomic mass is 35.7. The Hall–Kier alpha value is -1.71. The van der Waals surface area contributed by atoms with Crippen molar-refractivity contribution in [3.05, 3.63) is 60.0 Å². The number of methoxy groups -OCH3 is 2. The Morgan fingerprint density at radius 3 is 2.18 bits per heavy atom. The van der Waals surface area contributed by atoms with E-state index in [1.54, 1.807) is 14.2 Å². The number of hydrogen-bond donors (Lipinski definition) is 0. The van der Waals surface area contributed by atoms with Crippen molar-refractivity contribution in [1.82, 2.24) is 0 Å². The summed E-state index contributed by atoms with van der Waals surface area (Å²) in [5.41, 5.74) is 2.45. The maximum atomic E-state index is 6.05. The minimum atomic E-state index is -2.45. The minimum Gasteiger partial charge on any atom is -0.592 e. The number of ether oxygens (including phenoxy) is 3. The van der Waals surface area contributed by atoms with Crippen molar-refractivity contribution in [3.8, 4) is 11.5 Å². The second-order valence-corrected chi connectivity index (χ2v) is 9.40. The molecule has 0 unspecified atom stereocenters. The number of hydrogen-bond acceptors (Lipinski definition) is 5. The first-order chi connectivity index (χ1) is 13.5. The lowest BCUT2D eigenvalue weighted by atomic mass is 10.1. The molecule has 8 heteroatoms. The van der Waals surface area contributed by atoms with Crippen LogP contribution in [0.25, 0.3) is 5.70 Å². The number of rotatable bonds is 10. The topological polar surface area (TPSA) is 40.2 Å². The fourth-order valence-corrected chi connectivity index (χ4v) is 3.63. The van der Waals surface area contributed by atoms with Gasteiger partial charge in [-0.25, -0.2) is 0 Å². The molecule has 0 heterocycles. The third-order valence-corrected chi connectivity index (χ3v) is 4.92. The van der Waals surface area contributed by atoms with Crippen LogP contribution in [-0.2, 0) is 8.53 Å². The van der Waals surface area contributed by atoms with Crippen molar-refractivity contribution in [2.75, 3.05) is 32.3 Å². The van der Waals surface area contributed by atoms with Crippen molar-refractivity contribution in [1.29, 1.82) is 0 Å². The summed E-state index contributed by atoms with van der Waals surface area (Å²) in [5, 5.41) is 0. The maximum Gasteiger partial charge on any atom is 0.817 e. The van der Waals surface area contributed by atoms with Crippen molar-refractivity contribution in [2.45, 2.75) is 13.8 Å². The fourth-order valence-electron chi connectivity index (χ4n) is 2.81. The van der Waals surface area contributed by atoms with Gasteiger partial charge in [0, 0.05) is 17.8 Å². The Balaban J connectivity index is 2.69. The van der Waals surface area contributed by atoms with Crippen LogP contribution >= 0.6 is 20.1 Å². The lowest BCUT2D eigenvalue weighted by molar-refractivity contribution is 0.122. The van der Waals surface area contributed by atoms with E-state index in [2.05, 4.69) is 4.90 Å². The summed E-state index contributed by atoms with van der Waals surface area (Å²) in [5.74, 6) is 1.75. The molecule has 28 heavy (non-hydrogen) atoms. The Morgan fingerprint density at radius 1 is 0.964 bits per heavy atom.